The molecule has 0 radical (unpaired) electrons. The van der Waals surface area contributed by atoms with Crippen LogP contribution in [-0.4, -0.2) is 56.9 Å². The third kappa shape index (κ3) is 4.41. The average Bonchev–Trinajstić information content (AvgIpc) is 3.39. The summed E-state index contributed by atoms with van der Waals surface area (Å²) in [5.41, 5.74) is 1.87. The zero-order valence-electron chi connectivity index (χ0n) is 19.8. The van der Waals surface area contributed by atoms with E-state index in [0.29, 0.717) is 44.6 Å². The van der Waals surface area contributed by atoms with E-state index in [1.54, 1.807) is 21.6 Å². The molecule has 3 aliphatic heterocycles. The fourth-order valence-electron chi connectivity index (χ4n) is 5.28. The van der Waals surface area contributed by atoms with E-state index < -0.39 is 0 Å². The topological polar surface area (TPSA) is 67.2 Å². The van der Waals surface area contributed by atoms with Crippen LogP contribution in [0.5, 0.6) is 0 Å². The predicted molar refractivity (Wildman–Crippen MR) is 140 cm³/mol. The number of rotatable bonds is 4. The molecule has 3 fully saturated rings. The highest BCUT2D eigenvalue weighted by atomic mass is 32.2. The number of hydrogen-bond donors (Lipinski definition) is 0. The lowest BCUT2D eigenvalue weighted by molar-refractivity contribution is -0.123. The Balaban J connectivity index is 1.59. The molecule has 3 saturated heterocycles. The van der Waals surface area contributed by atoms with Gasteiger partial charge in [0.2, 0.25) is 0 Å². The molecule has 5 heterocycles. The zero-order chi connectivity index (χ0) is 24.0. The summed E-state index contributed by atoms with van der Waals surface area (Å²) in [5.74, 6) is 1.49. The predicted octanol–water partition coefficient (Wildman–Crippen LogP) is 3.87. The summed E-state index contributed by atoms with van der Waals surface area (Å²) in [6.07, 6.45) is 6.55. The first-order valence-corrected chi connectivity index (χ1v) is 13.2. The Morgan fingerprint density at radius 3 is 2.74 bits per heavy atom. The van der Waals surface area contributed by atoms with E-state index in [-0.39, 0.29) is 17.6 Å². The van der Waals surface area contributed by atoms with Crippen LogP contribution in [0.1, 0.15) is 44.2 Å². The highest BCUT2D eigenvalue weighted by Crippen LogP contribution is 2.35. The molecule has 0 unspecified atom stereocenters. The maximum atomic E-state index is 13.7. The van der Waals surface area contributed by atoms with Crippen molar-refractivity contribution in [1.82, 2.24) is 14.3 Å². The van der Waals surface area contributed by atoms with Gasteiger partial charge in [-0.05, 0) is 55.7 Å². The van der Waals surface area contributed by atoms with Crippen molar-refractivity contribution < 1.29 is 9.53 Å². The van der Waals surface area contributed by atoms with Crippen molar-refractivity contribution in [2.24, 2.45) is 11.8 Å². The second-order valence-electron chi connectivity index (χ2n) is 9.82. The van der Waals surface area contributed by atoms with Gasteiger partial charge in [0.25, 0.3) is 11.5 Å². The molecule has 9 heteroatoms. The van der Waals surface area contributed by atoms with Crippen LogP contribution in [0, 0.1) is 18.8 Å². The Labute approximate surface area is 209 Å². The summed E-state index contributed by atoms with van der Waals surface area (Å²) in [7, 11) is 0. The van der Waals surface area contributed by atoms with E-state index in [1.165, 1.54) is 11.8 Å². The second-order valence-corrected chi connectivity index (χ2v) is 11.5. The van der Waals surface area contributed by atoms with Crippen LogP contribution in [0.2, 0.25) is 0 Å². The maximum Gasteiger partial charge on any atom is 0.267 e. The van der Waals surface area contributed by atoms with Crippen molar-refractivity contribution in [3.8, 4) is 0 Å². The van der Waals surface area contributed by atoms with Gasteiger partial charge >= 0.3 is 0 Å². The van der Waals surface area contributed by atoms with Crippen LogP contribution < -0.4 is 10.5 Å². The van der Waals surface area contributed by atoms with Crippen molar-refractivity contribution in [3.05, 3.63) is 44.7 Å². The molecule has 7 nitrogen and oxygen atoms in total. The summed E-state index contributed by atoms with van der Waals surface area (Å²) in [4.78, 5) is 36.3. The third-order valence-corrected chi connectivity index (χ3v) is 8.17. The molecule has 2 aromatic rings. The lowest BCUT2D eigenvalue weighted by atomic mass is 9.91. The number of anilines is 1. The number of carbonyl (C=O) groups excluding carboxylic acids is 1. The summed E-state index contributed by atoms with van der Waals surface area (Å²) in [6.45, 7) is 9.28. The molecule has 2 aromatic heterocycles. The minimum Gasteiger partial charge on any atom is -0.376 e. The molecular weight excluding hydrogens is 468 g/mol. The molecule has 0 aliphatic carbocycles. The van der Waals surface area contributed by atoms with Crippen LogP contribution in [0.15, 0.2) is 28.0 Å². The smallest absolute Gasteiger partial charge is 0.267 e. The molecule has 3 aliphatic rings. The van der Waals surface area contributed by atoms with Crippen LogP contribution >= 0.6 is 24.0 Å². The lowest BCUT2D eigenvalue weighted by Gasteiger charge is -2.36. The Morgan fingerprint density at radius 2 is 2.03 bits per heavy atom. The molecule has 3 atom stereocenters. The van der Waals surface area contributed by atoms with Crippen molar-refractivity contribution in [2.45, 2.75) is 46.1 Å². The number of fused-ring (bicyclic) bond motifs is 1. The Kier molecular flexibility index (Phi) is 6.52. The summed E-state index contributed by atoms with van der Waals surface area (Å²) >= 11 is 6.78. The normalized spacial score (nSPS) is 26.9. The van der Waals surface area contributed by atoms with Crippen molar-refractivity contribution in [1.29, 1.82) is 0 Å². The number of aromatic nitrogens is 2. The molecule has 5 rings (SSSR count). The first-order chi connectivity index (χ1) is 16.3. The first kappa shape index (κ1) is 23.5. The molecule has 0 spiro atoms. The molecule has 0 saturated carbocycles. The first-order valence-electron chi connectivity index (χ1n) is 12.0. The summed E-state index contributed by atoms with van der Waals surface area (Å²) < 4.78 is 7.80. The monoisotopic (exact) mass is 498 g/mol. The molecule has 0 N–H and O–H groups in total. The van der Waals surface area contributed by atoms with E-state index >= 15 is 0 Å². The Morgan fingerprint density at radius 1 is 1.26 bits per heavy atom. The fraction of sp³-hybridized carbons (Fsp3) is 0.520. The second kappa shape index (κ2) is 9.43. The van der Waals surface area contributed by atoms with E-state index in [4.69, 9.17) is 21.9 Å². The van der Waals surface area contributed by atoms with Crippen molar-refractivity contribution in [2.75, 3.05) is 31.1 Å². The van der Waals surface area contributed by atoms with Gasteiger partial charge in [-0.3, -0.25) is 18.9 Å². The molecule has 180 valence electrons. The van der Waals surface area contributed by atoms with Crippen LogP contribution in [-0.2, 0) is 9.53 Å². The maximum absolute atomic E-state index is 13.7. The largest absolute Gasteiger partial charge is 0.376 e. The number of carbonyl (C=O) groups is 1. The van der Waals surface area contributed by atoms with Gasteiger partial charge in [-0.15, -0.1) is 0 Å². The van der Waals surface area contributed by atoms with Crippen LogP contribution in [0.4, 0.5) is 5.82 Å². The third-order valence-electron chi connectivity index (χ3n) is 6.79. The number of amides is 1. The van der Waals surface area contributed by atoms with Gasteiger partial charge in [0.05, 0.1) is 23.1 Å². The number of hydrogen-bond acceptors (Lipinski definition) is 7. The number of ether oxygens (including phenoxy) is 1. The summed E-state index contributed by atoms with van der Waals surface area (Å²) in [5, 5.41) is 0. The number of piperidine rings is 1. The van der Waals surface area contributed by atoms with E-state index in [9.17, 15) is 9.59 Å². The van der Waals surface area contributed by atoms with E-state index in [1.807, 2.05) is 19.1 Å². The minimum atomic E-state index is -0.168. The zero-order valence-corrected chi connectivity index (χ0v) is 21.5. The van der Waals surface area contributed by atoms with E-state index in [2.05, 4.69) is 18.7 Å². The molecule has 1 amide bonds. The number of thiocarbonyl (C=S) groups is 1. The highest BCUT2D eigenvalue weighted by molar-refractivity contribution is 8.26. The molecule has 0 bridgehead atoms. The van der Waals surface area contributed by atoms with Gasteiger partial charge in [-0.2, -0.15) is 0 Å². The molecule has 34 heavy (non-hydrogen) atoms. The standard InChI is InChI=1S/C25H30N4O3S2/c1-15-10-16(2)13-27(12-15)22-19(23(30)28-8-4-6-17(3)21(28)26-22)11-20-24(31)29(25(33)34-20)14-18-7-5-9-32-18/h4,6,8,11,15-16,18H,5,7,9-10,12-14H2,1-3H3/b20-11+/t15-,16-,18+/m0/s1. The van der Waals surface area contributed by atoms with E-state index in [0.717, 1.165) is 44.5 Å². The Hall–Kier alpha value is -2.23. The SMILES string of the molecule is Cc1cccn2c(=O)c(/C=C3/SC(=S)N(C[C@H]4CCCO4)C3=O)c(N3C[C@@H](C)C[C@H](C)C3)nc12. The molecular formula is C25H30N4O3S2. The quantitative estimate of drug-likeness (QED) is 0.468. The van der Waals surface area contributed by atoms with Gasteiger partial charge in [-0.25, -0.2) is 4.98 Å². The van der Waals surface area contributed by atoms with Crippen LogP contribution in [0.3, 0.4) is 0 Å². The van der Waals surface area contributed by atoms with Gasteiger partial charge < -0.3 is 9.64 Å². The number of aryl methyl sites for hydroxylation is 1. The Bertz CT molecular complexity index is 1220. The van der Waals surface area contributed by atoms with Gasteiger partial charge in [-0.1, -0.05) is 43.9 Å². The van der Waals surface area contributed by atoms with Gasteiger partial charge in [0.15, 0.2) is 0 Å². The summed E-state index contributed by atoms with van der Waals surface area (Å²) in [6, 6.07) is 3.81. The number of pyridine rings is 1. The number of thioether (sulfide) groups is 1. The average molecular weight is 499 g/mol. The minimum absolute atomic E-state index is 0.0182. The van der Waals surface area contributed by atoms with Crippen molar-refractivity contribution in [3.63, 3.8) is 0 Å². The van der Waals surface area contributed by atoms with Crippen molar-refractivity contribution >= 4 is 51.7 Å². The van der Waals surface area contributed by atoms with Gasteiger partial charge in [0.1, 0.15) is 15.8 Å². The van der Waals surface area contributed by atoms with Crippen LogP contribution in [0.25, 0.3) is 11.7 Å². The highest BCUT2D eigenvalue weighted by Gasteiger charge is 2.35. The number of nitrogens with zero attached hydrogens (tertiary/aromatic N) is 4. The van der Waals surface area contributed by atoms with Gasteiger partial charge in [0, 0.05) is 25.9 Å². The molecule has 0 aromatic carbocycles. The lowest BCUT2D eigenvalue weighted by Crippen LogP contribution is -2.40. The fourth-order valence-corrected chi connectivity index (χ4v) is 6.54.